The zero-order valence-corrected chi connectivity index (χ0v) is 17.9. The van der Waals surface area contributed by atoms with E-state index in [9.17, 15) is 9.18 Å². The lowest BCUT2D eigenvalue weighted by molar-refractivity contribution is -0.126. The van der Waals surface area contributed by atoms with Crippen LogP contribution >= 0.6 is 11.8 Å². The van der Waals surface area contributed by atoms with Crippen molar-refractivity contribution in [1.29, 1.82) is 0 Å². The average molecular weight is 412 g/mol. The number of rotatable bonds is 7. The number of carbonyl (C=O) groups excluding carboxylic acids is 1. The van der Waals surface area contributed by atoms with Crippen molar-refractivity contribution < 1.29 is 9.18 Å². The van der Waals surface area contributed by atoms with Crippen molar-refractivity contribution in [2.24, 2.45) is 10.2 Å². The quantitative estimate of drug-likeness (QED) is 0.448. The van der Waals surface area contributed by atoms with Crippen LogP contribution in [0.1, 0.15) is 48.4 Å². The number of halogens is 1. The van der Waals surface area contributed by atoms with Crippen molar-refractivity contribution in [2.75, 3.05) is 0 Å². The molecule has 1 atom stereocenters. The molecule has 0 saturated carbocycles. The molecule has 1 fully saturated rings. The standard InChI is InChI=1S/C23H26FN3OS/c1-4-5-6-21-22(28)27(15-18-8-11-20(24)12-9-18)23(29-21)26-25-14-19-10-7-16(2)13-17(19)3/h7-14,21H,4-6,15H2,1-3H3/b25-14-,26-23-/t21-/m1/s1. The maximum atomic E-state index is 13.2. The molecule has 29 heavy (non-hydrogen) atoms. The average Bonchev–Trinajstić information content (AvgIpc) is 2.98. The van der Waals surface area contributed by atoms with Crippen molar-refractivity contribution in [2.45, 2.75) is 51.8 Å². The molecule has 1 aliphatic rings. The highest BCUT2D eigenvalue weighted by Crippen LogP contribution is 2.32. The van der Waals surface area contributed by atoms with Gasteiger partial charge in [0.15, 0.2) is 5.17 Å². The predicted octanol–water partition coefficient (Wildman–Crippen LogP) is 5.47. The molecule has 1 amide bonds. The molecule has 0 unspecified atom stereocenters. The van der Waals surface area contributed by atoms with E-state index >= 15 is 0 Å². The molecule has 6 heteroatoms. The van der Waals surface area contributed by atoms with Gasteiger partial charge in [0.05, 0.1) is 18.0 Å². The molecule has 2 aromatic carbocycles. The number of amidine groups is 1. The Morgan fingerprint density at radius 1 is 1.17 bits per heavy atom. The zero-order chi connectivity index (χ0) is 20.8. The molecule has 1 aliphatic heterocycles. The summed E-state index contributed by atoms with van der Waals surface area (Å²) in [4.78, 5) is 14.6. The first kappa shape index (κ1) is 21.2. The van der Waals surface area contributed by atoms with E-state index in [1.54, 1.807) is 23.2 Å². The summed E-state index contributed by atoms with van der Waals surface area (Å²) < 4.78 is 13.2. The third-order valence-electron chi connectivity index (χ3n) is 4.86. The van der Waals surface area contributed by atoms with Gasteiger partial charge < -0.3 is 0 Å². The van der Waals surface area contributed by atoms with Gasteiger partial charge in [-0.3, -0.25) is 9.69 Å². The summed E-state index contributed by atoms with van der Waals surface area (Å²) in [7, 11) is 0. The Bertz CT molecular complexity index is 924. The topological polar surface area (TPSA) is 45.0 Å². The molecule has 0 aromatic heterocycles. The number of carbonyl (C=O) groups is 1. The fraction of sp³-hybridized carbons (Fsp3) is 0.348. The summed E-state index contributed by atoms with van der Waals surface area (Å²) in [6.45, 7) is 6.58. The third-order valence-corrected chi connectivity index (χ3v) is 6.09. The Kier molecular flexibility index (Phi) is 7.20. The van der Waals surface area contributed by atoms with E-state index in [0.29, 0.717) is 11.7 Å². The first-order valence-electron chi connectivity index (χ1n) is 9.88. The largest absolute Gasteiger partial charge is 0.284 e. The van der Waals surface area contributed by atoms with E-state index < -0.39 is 0 Å². The number of thioether (sulfide) groups is 1. The van der Waals surface area contributed by atoms with Crippen molar-refractivity contribution in [3.63, 3.8) is 0 Å². The number of amides is 1. The molecule has 0 N–H and O–H groups in total. The van der Waals surface area contributed by atoms with Gasteiger partial charge in [-0.2, -0.15) is 5.10 Å². The number of aryl methyl sites for hydroxylation is 2. The number of unbranched alkanes of at least 4 members (excludes halogenated alkanes) is 1. The molecule has 1 heterocycles. The van der Waals surface area contributed by atoms with Crippen LogP contribution in [0.15, 0.2) is 52.7 Å². The van der Waals surface area contributed by atoms with Crippen LogP contribution in [0.3, 0.4) is 0 Å². The molecule has 0 spiro atoms. The Balaban J connectivity index is 1.81. The lowest BCUT2D eigenvalue weighted by Crippen LogP contribution is -2.31. The fourth-order valence-corrected chi connectivity index (χ4v) is 4.33. The summed E-state index contributed by atoms with van der Waals surface area (Å²) >= 11 is 1.47. The SMILES string of the molecule is CCCC[C@H]1S/C(=N\N=C/c2ccc(C)cc2C)N(Cc2ccc(F)cc2)C1=O. The van der Waals surface area contributed by atoms with Crippen molar-refractivity contribution in [3.05, 3.63) is 70.5 Å². The van der Waals surface area contributed by atoms with Gasteiger partial charge in [0.1, 0.15) is 5.82 Å². The normalized spacial score (nSPS) is 18.3. The monoisotopic (exact) mass is 411 g/mol. The second-order valence-corrected chi connectivity index (χ2v) is 8.46. The van der Waals surface area contributed by atoms with E-state index in [0.717, 1.165) is 36.0 Å². The van der Waals surface area contributed by atoms with Gasteiger partial charge >= 0.3 is 0 Å². The van der Waals surface area contributed by atoms with Crippen molar-refractivity contribution in [1.82, 2.24) is 4.90 Å². The Morgan fingerprint density at radius 3 is 2.62 bits per heavy atom. The minimum atomic E-state index is -0.288. The maximum absolute atomic E-state index is 13.2. The molecule has 0 radical (unpaired) electrons. The van der Waals surface area contributed by atoms with Gasteiger partial charge in [-0.1, -0.05) is 67.4 Å². The van der Waals surface area contributed by atoms with E-state index in [-0.39, 0.29) is 17.0 Å². The lowest BCUT2D eigenvalue weighted by Gasteiger charge is -2.16. The first-order chi connectivity index (χ1) is 14.0. The highest BCUT2D eigenvalue weighted by atomic mass is 32.2. The Labute approximate surface area is 175 Å². The summed E-state index contributed by atoms with van der Waals surface area (Å²) in [5, 5.41) is 9.09. The first-order valence-corrected chi connectivity index (χ1v) is 10.8. The van der Waals surface area contributed by atoms with Crippen LogP contribution in [0, 0.1) is 19.7 Å². The van der Waals surface area contributed by atoms with Crippen molar-refractivity contribution >= 4 is 29.1 Å². The van der Waals surface area contributed by atoms with Crippen LogP contribution in [0.5, 0.6) is 0 Å². The van der Waals surface area contributed by atoms with E-state index in [1.807, 2.05) is 19.1 Å². The minimum Gasteiger partial charge on any atom is -0.284 e. The number of nitrogens with zero attached hydrogens (tertiary/aromatic N) is 3. The van der Waals surface area contributed by atoms with Gasteiger partial charge in [0, 0.05) is 0 Å². The molecule has 0 bridgehead atoms. The minimum absolute atomic E-state index is 0.0493. The molecular formula is C23H26FN3OS. The van der Waals surface area contributed by atoms with Gasteiger partial charge in [-0.25, -0.2) is 4.39 Å². The second kappa shape index (κ2) is 9.83. The summed E-state index contributed by atoms with van der Waals surface area (Å²) in [5.74, 6) is -0.239. The molecular weight excluding hydrogens is 385 g/mol. The maximum Gasteiger partial charge on any atom is 0.242 e. The van der Waals surface area contributed by atoms with Crippen LogP contribution < -0.4 is 0 Å². The van der Waals surface area contributed by atoms with E-state index in [4.69, 9.17) is 0 Å². The Hall–Kier alpha value is -2.47. The number of benzene rings is 2. The number of hydrogen-bond donors (Lipinski definition) is 0. The summed E-state index contributed by atoms with van der Waals surface area (Å²) in [6.07, 6.45) is 4.58. The Morgan fingerprint density at radius 2 is 1.93 bits per heavy atom. The second-order valence-electron chi connectivity index (χ2n) is 7.29. The van der Waals surface area contributed by atoms with Gasteiger partial charge in [0.2, 0.25) is 5.91 Å². The lowest BCUT2D eigenvalue weighted by atomic mass is 10.1. The van der Waals surface area contributed by atoms with Crippen LogP contribution in [-0.4, -0.2) is 27.4 Å². The summed E-state index contributed by atoms with van der Waals surface area (Å²) in [6, 6.07) is 12.4. The predicted molar refractivity (Wildman–Crippen MR) is 119 cm³/mol. The third kappa shape index (κ3) is 5.54. The van der Waals surface area contributed by atoms with E-state index in [1.165, 1.54) is 29.5 Å². The van der Waals surface area contributed by atoms with Gasteiger partial charge in [-0.15, -0.1) is 5.10 Å². The van der Waals surface area contributed by atoms with Crippen LogP contribution in [0.25, 0.3) is 0 Å². The molecule has 0 aliphatic carbocycles. The fourth-order valence-electron chi connectivity index (χ4n) is 3.19. The van der Waals surface area contributed by atoms with Crippen molar-refractivity contribution in [3.8, 4) is 0 Å². The smallest absolute Gasteiger partial charge is 0.242 e. The number of hydrogen-bond acceptors (Lipinski definition) is 4. The van der Waals surface area contributed by atoms with Gasteiger partial charge in [-0.05, 0) is 49.1 Å². The highest BCUT2D eigenvalue weighted by Gasteiger charge is 2.37. The van der Waals surface area contributed by atoms with E-state index in [2.05, 4.69) is 30.1 Å². The molecule has 4 nitrogen and oxygen atoms in total. The molecule has 1 saturated heterocycles. The summed E-state index contributed by atoms with van der Waals surface area (Å²) in [5.41, 5.74) is 4.20. The van der Waals surface area contributed by atoms with Crippen LogP contribution in [0.4, 0.5) is 4.39 Å². The van der Waals surface area contributed by atoms with Crippen LogP contribution in [0.2, 0.25) is 0 Å². The van der Waals surface area contributed by atoms with Gasteiger partial charge in [0.25, 0.3) is 0 Å². The molecule has 152 valence electrons. The highest BCUT2D eigenvalue weighted by molar-refractivity contribution is 8.15. The zero-order valence-electron chi connectivity index (χ0n) is 17.1. The molecule has 2 aromatic rings. The van der Waals surface area contributed by atoms with Crippen LogP contribution in [-0.2, 0) is 11.3 Å². The molecule has 3 rings (SSSR count).